The van der Waals surface area contributed by atoms with Crippen LogP contribution in [0.5, 0.6) is 5.75 Å². The Morgan fingerprint density at radius 2 is 1.71 bits per heavy atom. The highest BCUT2D eigenvalue weighted by molar-refractivity contribution is 5.72. The van der Waals surface area contributed by atoms with Gasteiger partial charge in [0, 0.05) is 13.1 Å². The Balaban J connectivity index is 1.65. The van der Waals surface area contributed by atoms with Gasteiger partial charge in [-0.05, 0) is 48.9 Å². The zero-order valence-electron chi connectivity index (χ0n) is 16.2. The summed E-state index contributed by atoms with van der Waals surface area (Å²) < 4.78 is 5.42. The molecule has 5 heteroatoms. The number of benzene rings is 2. The summed E-state index contributed by atoms with van der Waals surface area (Å²) in [5.74, 6) is -0.397. The molecular formula is C23H27NO4. The largest absolute Gasteiger partial charge is 0.481 e. The summed E-state index contributed by atoms with van der Waals surface area (Å²) in [6.45, 7) is 2.91. The molecular weight excluding hydrogens is 354 g/mol. The monoisotopic (exact) mass is 381 g/mol. The Bertz CT molecular complexity index is 788. The fraction of sp³-hybridized carbons (Fsp3) is 0.391. The van der Waals surface area contributed by atoms with E-state index in [1.807, 2.05) is 49.4 Å². The van der Waals surface area contributed by atoms with Crippen LogP contribution in [0, 0.1) is 5.92 Å². The average molecular weight is 381 g/mol. The summed E-state index contributed by atoms with van der Waals surface area (Å²) in [7, 11) is 0. The Hall–Kier alpha value is -2.82. The molecule has 0 saturated heterocycles. The zero-order valence-corrected chi connectivity index (χ0v) is 16.2. The summed E-state index contributed by atoms with van der Waals surface area (Å²) >= 11 is 0. The molecule has 0 heterocycles. The molecule has 0 unspecified atom stereocenters. The number of nitrogens with zero attached hydrogens (tertiary/aromatic N) is 1. The highest BCUT2D eigenvalue weighted by Gasteiger charge is 2.31. The highest BCUT2D eigenvalue weighted by atomic mass is 16.6. The van der Waals surface area contributed by atoms with Crippen LogP contribution in [0.15, 0.2) is 54.6 Å². The second-order valence-electron chi connectivity index (χ2n) is 7.27. The van der Waals surface area contributed by atoms with Gasteiger partial charge in [0.1, 0.15) is 5.75 Å². The Kier molecular flexibility index (Phi) is 6.69. The van der Waals surface area contributed by atoms with E-state index in [9.17, 15) is 14.7 Å². The smallest absolute Gasteiger partial charge is 0.415 e. The number of carboxylic acid groups (broad SMARTS) is 1. The van der Waals surface area contributed by atoms with Gasteiger partial charge in [0.05, 0.1) is 5.92 Å². The number of aliphatic carboxylic acids is 1. The van der Waals surface area contributed by atoms with Gasteiger partial charge in [-0.1, -0.05) is 55.3 Å². The predicted octanol–water partition coefficient (Wildman–Crippen LogP) is 5.07. The molecule has 0 aromatic heterocycles. The van der Waals surface area contributed by atoms with Crippen LogP contribution in [-0.2, 0) is 11.3 Å². The number of rotatable bonds is 6. The van der Waals surface area contributed by atoms with Crippen molar-refractivity contribution >= 4 is 12.1 Å². The minimum absolute atomic E-state index is 0.0747. The van der Waals surface area contributed by atoms with E-state index in [0.29, 0.717) is 18.8 Å². The number of carbonyl (C=O) groups is 2. The molecule has 3 rings (SSSR count). The molecule has 148 valence electrons. The molecule has 1 fully saturated rings. The lowest BCUT2D eigenvalue weighted by Gasteiger charge is -2.29. The Labute approximate surface area is 165 Å². The van der Waals surface area contributed by atoms with Crippen molar-refractivity contribution in [2.24, 2.45) is 5.92 Å². The maximum absolute atomic E-state index is 12.4. The first-order chi connectivity index (χ1) is 13.6. The van der Waals surface area contributed by atoms with Gasteiger partial charge in [-0.2, -0.15) is 0 Å². The van der Waals surface area contributed by atoms with Crippen LogP contribution in [0.3, 0.4) is 0 Å². The number of amides is 1. The third-order valence-corrected chi connectivity index (χ3v) is 5.45. The number of ether oxygens (including phenoxy) is 1. The molecule has 0 radical (unpaired) electrons. The van der Waals surface area contributed by atoms with Gasteiger partial charge in [0.2, 0.25) is 0 Å². The van der Waals surface area contributed by atoms with Crippen molar-refractivity contribution < 1.29 is 19.4 Å². The van der Waals surface area contributed by atoms with Crippen LogP contribution in [-0.4, -0.2) is 28.6 Å². The van der Waals surface area contributed by atoms with Crippen LogP contribution in [0.25, 0.3) is 0 Å². The summed E-state index contributed by atoms with van der Waals surface area (Å²) in [6.07, 6.45) is 3.35. The van der Waals surface area contributed by atoms with Crippen molar-refractivity contribution in [1.82, 2.24) is 4.90 Å². The summed E-state index contributed by atoms with van der Waals surface area (Å²) in [4.78, 5) is 25.6. The van der Waals surface area contributed by atoms with Crippen LogP contribution in [0.1, 0.15) is 49.7 Å². The van der Waals surface area contributed by atoms with Crippen molar-refractivity contribution in [1.29, 1.82) is 0 Å². The fourth-order valence-electron chi connectivity index (χ4n) is 3.88. The van der Waals surface area contributed by atoms with Gasteiger partial charge in [-0.15, -0.1) is 0 Å². The molecule has 1 saturated carbocycles. The van der Waals surface area contributed by atoms with Crippen molar-refractivity contribution in [3.8, 4) is 5.75 Å². The molecule has 0 bridgehead atoms. The fourth-order valence-corrected chi connectivity index (χ4v) is 3.88. The molecule has 1 N–H and O–H groups in total. The minimum atomic E-state index is -0.699. The lowest BCUT2D eigenvalue weighted by molar-refractivity contribution is -0.143. The van der Waals surface area contributed by atoms with Gasteiger partial charge in [0.25, 0.3) is 0 Å². The highest BCUT2D eigenvalue weighted by Crippen LogP contribution is 2.38. The van der Waals surface area contributed by atoms with Crippen molar-refractivity contribution in [3.63, 3.8) is 0 Å². The topological polar surface area (TPSA) is 66.8 Å². The van der Waals surface area contributed by atoms with Gasteiger partial charge < -0.3 is 14.7 Å². The normalized spacial score (nSPS) is 19.0. The quantitative estimate of drug-likeness (QED) is 0.759. The van der Waals surface area contributed by atoms with Crippen LogP contribution < -0.4 is 4.74 Å². The third kappa shape index (κ3) is 4.91. The zero-order chi connectivity index (χ0) is 19.9. The number of para-hydroxylation sites is 1. The molecule has 1 amide bonds. The van der Waals surface area contributed by atoms with E-state index in [2.05, 4.69) is 0 Å². The van der Waals surface area contributed by atoms with E-state index in [1.54, 1.807) is 17.0 Å². The Morgan fingerprint density at radius 1 is 1.04 bits per heavy atom. The average Bonchev–Trinajstić information content (AvgIpc) is 2.73. The maximum Gasteiger partial charge on any atom is 0.415 e. The molecule has 5 nitrogen and oxygen atoms in total. The van der Waals surface area contributed by atoms with Crippen molar-refractivity contribution in [2.45, 2.75) is 45.1 Å². The number of carboxylic acids is 1. The molecule has 0 aliphatic heterocycles. The molecule has 2 atom stereocenters. The van der Waals surface area contributed by atoms with E-state index in [0.717, 1.165) is 36.8 Å². The number of hydrogen-bond acceptors (Lipinski definition) is 3. The molecule has 28 heavy (non-hydrogen) atoms. The second kappa shape index (κ2) is 9.40. The SMILES string of the molecule is CCN(Cc1ccc([C@H]2CCCC[C@@H]2C(=O)O)cc1)C(=O)Oc1ccccc1. The first-order valence-corrected chi connectivity index (χ1v) is 9.92. The maximum atomic E-state index is 12.4. The van der Waals surface area contributed by atoms with E-state index in [1.165, 1.54) is 0 Å². The van der Waals surface area contributed by atoms with E-state index in [4.69, 9.17) is 4.74 Å². The van der Waals surface area contributed by atoms with Gasteiger partial charge in [-0.3, -0.25) is 4.79 Å². The van der Waals surface area contributed by atoms with Crippen LogP contribution in [0.4, 0.5) is 4.79 Å². The molecule has 0 spiro atoms. The summed E-state index contributed by atoms with van der Waals surface area (Å²) in [5.41, 5.74) is 2.07. The van der Waals surface area contributed by atoms with Crippen LogP contribution >= 0.6 is 0 Å². The molecule has 1 aliphatic carbocycles. The van der Waals surface area contributed by atoms with E-state index >= 15 is 0 Å². The molecule has 1 aliphatic rings. The first kappa shape index (κ1) is 19.9. The van der Waals surface area contributed by atoms with Gasteiger partial charge in [-0.25, -0.2) is 4.79 Å². The Morgan fingerprint density at radius 3 is 2.36 bits per heavy atom. The lowest BCUT2D eigenvalue weighted by atomic mass is 9.75. The third-order valence-electron chi connectivity index (χ3n) is 5.45. The molecule has 2 aromatic rings. The van der Waals surface area contributed by atoms with Gasteiger partial charge >= 0.3 is 12.1 Å². The first-order valence-electron chi connectivity index (χ1n) is 9.92. The lowest BCUT2D eigenvalue weighted by Crippen LogP contribution is -2.32. The summed E-state index contributed by atoms with van der Waals surface area (Å²) in [5, 5.41) is 9.50. The van der Waals surface area contributed by atoms with Crippen molar-refractivity contribution in [2.75, 3.05) is 6.54 Å². The predicted molar refractivity (Wildman–Crippen MR) is 107 cm³/mol. The summed E-state index contributed by atoms with van der Waals surface area (Å²) in [6, 6.07) is 17.0. The number of hydrogen-bond donors (Lipinski definition) is 1. The molecule has 2 aromatic carbocycles. The second-order valence-corrected chi connectivity index (χ2v) is 7.27. The standard InChI is InChI=1S/C23H27NO4/c1-2-24(23(27)28-19-8-4-3-5-9-19)16-17-12-14-18(15-13-17)20-10-6-7-11-21(20)22(25)26/h3-5,8-9,12-15,20-21H,2,6-7,10-11,16H2,1H3,(H,25,26)/t20-,21+/m1/s1. The number of carbonyl (C=O) groups excluding carboxylic acids is 1. The van der Waals surface area contributed by atoms with E-state index < -0.39 is 5.97 Å². The van der Waals surface area contributed by atoms with Crippen LogP contribution in [0.2, 0.25) is 0 Å². The van der Waals surface area contributed by atoms with E-state index in [-0.39, 0.29) is 17.9 Å². The van der Waals surface area contributed by atoms with Gasteiger partial charge in [0.15, 0.2) is 0 Å². The minimum Gasteiger partial charge on any atom is -0.481 e. The van der Waals surface area contributed by atoms with Crippen molar-refractivity contribution in [3.05, 3.63) is 65.7 Å².